The van der Waals surface area contributed by atoms with Gasteiger partial charge in [-0.3, -0.25) is 14.8 Å². The molecule has 5 nitrogen and oxygen atoms in total. The number of piperidine rings is 1. The smallest absolute Gasteiger partial charge is 0.224 e. The predicted molar refractivity (Wildman–Crippen MR) is 94.8 cm³/mol. The summed E-state index contributed by atoms with van der Waals surface area (Å²) in [7, 11) is 0. The number of carbonyl (C=O) groups is 1. The molecule has 2 atom stereocenters. The predicted octanol–water partition coefficient (Wildman–Crippen LogP) is 3.02. The van der Waals surface area contributed by atoms with Gasteiger partial charge in [-0.25, -0.2) is 0 Å². The molecule has 2 N–H and O–H groups in total. The normalized spacial score (nSPS) is 18.9. The van der Waals surface area contributed by atoms with Crippen LogP contribution in [0.4, 0.5) is 5.69 Å². The fraction of sp³-hybridized carbons (Fsp3) is 0.471. The van der Waals surface area contributed by atoms with Crippen molar-refractivity contribution in [2.24, 2.45) is 11.8 Å². The molecule has 1 aromatic carbocycles. The molecule has 0 spiro atoms. The summed E-state index contributed by atoms with van der Waals surface area (Å²) in [5, 5.41) is 6.39. The second kappa shape index (κ2) is 8.22. The van der Waals surface area contributed by atoms with Gasteiger partial charge in [0.15, 0.2) is 0 Å². The first-order chi connectivity index (χ1) is 10.7. The van der Waals surface area contributed by atoms with E-state index in [-0.39, 0.29) is 18.3 Å². The lowest BCUT2D eigenvalue weighted by Gasteiger charge is -2.28. The number of rotatable bonds is 4. The number of nitrogens with zero attached hydrogens (tertiary/aromatic N) is 2. The van der Waals surface area contributed by atoms with E-state index in [4.69, 9.17) is 0 Å². The van der Waals surface area contributed by atoms with Gasteiger partial charge in [0.2, 0.25) is 5.91 Å². The van der Waals surface area contributed by atoms with E-state index in [2.05, 4.69) is 27.5 Å². The summed E-state index contributed by atoms with van der Waals surface area (Å²) in [5.74, 6) is 1.07. The molecule has 1 aliphatic heterocycles. The average Bonchev–Trinajstić information content (AvgIpc) is 2.55. The van der Waals surface area contributed by atoms with Crippen molar-refractivity contribution in [3.8, 4) is 0 Å². The average molecular weight is 335 g/mol. The van der Waals surface area contributed by atoms with Crippen molar-refractivity contribution < 1.29 is 4.79 Å². The first kappa shape index (κ1) is 17.6. The molecule has 3 rings (SSSR count). The van der Waals surface area contributed by atoms with Crippen molar-refractivity contribution in [2.45, 2.75) is 26.2 Å². The number of amides is 1. The highest BCUT2D eigenvalue weighted by molar-refractivity contribution is 5.93. The minimum atomic E-state index is 0. The molecule has 1 amide bonds. The zero-order chi connectivity index (χ0) is 15.4. The fourth-order valence-electron chi connectivity index (χ4n) is 3.08. The molecule has 2 unspecified atom stereocenters. The molecule has 2 aromatic rings. The summed E-state index contributed by atoms with van der Waals surface area (Å²) in [6.45, 7) is 4.30. The number of carbonyl (C=O) groups excluding carboxylic acids is 1. The molecule has 124 valence electrons. The Morgan fingerprint density at radius 2 is 2.13 bits per heavy atom. The summed E-state index contributed by atoms with van der Waals surface area (Å²) in [5.41, 5.74) is 2.42. The van der Waals surface area contributed by atoms with Crippen molar-refractivity contribution >= 4 is 35.0 Å². The van der Waals surface area contributed by atoms with Gasteiger partial charge in [0.25, 0.3) is 0 Å². The zero-order valence-electron chi connectivity index (χ0n) is 13.3. The zero-order valence-corrected chi connectivity index (χ0v) is 14.1. The fourth-order valence-corrected chi connectivity index (χ4v) is 3.08. The largest absolute Gasteiger partial charge is 0.326 e. The first-order valence-corrected chi connectivity index (χ1v) is 7.94. The van der Waals surface area contributed by atoms with Crippen molar-refractivity contribution in [1.82, 2.24) is 15.3 Å². The van der Waals surface area contributed by atoms with Crippen LogP contribution in [0.1, 0.15) is 26.2 Å². The van der Waals surface area contributed by atoms with E-state index >= 15 is 0 Å². The highest BCUT2D eigenvalue weighted by Gasteiger charge is 2.22. The number of anilines is 1. The molecule has 0 saturated carbocycles. The maximum atomic E-state index is 12.2. The van der Waals surface area contributed by atoms with Gasteiger partial charge in [-0.05, 0) is 56.0 Å². The molecule has 23 heavy (non-hydrogen) atoms. The minimum Gasteiger partial charge on any atom is -0.326 e. The molecular weight excluding hydrogens is 312 g/mol. The monoisotopic (exact) mass is 334 g/mol. The lowest BCUT2D eigenvalue weighted by atomic mass is 9.85. The summed E-state index contributed by atoms with van der Waals surface area (Å²) in [4.78, 5) is 20.7. The summed E-state index contributed by atoms with van der Waals surface area (Å²) >= 11 is 0. The maximum absolute atomic E-state index is 12.2. The van der Waals surface area contributed by atoms with E-state index in [1.165, 1.54) is 12.8 Å². The summed E-state index contributed by atoms with van der Waals surface area (Å²) in [6, 6.07) is 5.63. The molecule has 1 saturated heterocycles. The molecular formula is C17H23ClN4O. The topological polar surface area (TPSA) is 66.9 Å². The van der Waals surface area contributed by atoms with Crippen molar-refractivity contribution in [3.05, 3.63) is 30.6 Å². The van der Waals surface area contributed by atoms with E-state index in [9.17, 15) is 4.79 Å². The van der Waals surface area contributed by atoms with Gasteiger partial charge in [-0.1, -0.05) is 6.92 Å². The Bertz CT molecular complexity index is 658. The number of hydrogen-bond donors (Lipinski definition) is 2. The lowest BCUT2D eigenvalue weighted by Crippen LogP contribution is -2.34. The number of benzene rings is 1. The van der Waals surface area contributed by atoms with Crippen LogP contribution in [0.15, 0.2) is 30.6 Å². The SMILES string of the molecule is CC(CC(=O)Nc1ccc2nccnc2c1)C1CCCNC1.Cl. The van der Waals surface area contributed by atoms with Crippen LogP contribution in [-0.4, -0.2) is 29.0 Å². The van der Waals surface area contributed by atoms with Gasteiger partial charge in [0.1, 0.15) is 0 Å². The number of halogens is 1. The molecule has 1 fully saturated rings. The third kappa shape index (κ3) is 4.62. The van der Waals surface area contributed by atoms with Crippen LogP contribution in [0.25, 0.3) is 11.0 Å². The molecule has 1 aliphatic rings. The Labute approximate surface area is 142 Å². The number of hydrogen-bond acceptors (Lipinski definition) is 4. The van der Waals surface area contributed by atoms with Gasteiger partial charge >= 0.3 is 0 Å². The molecule has 6 heteroatoms. The second-order valence-corrected chi connectivity index (χ2v) is 6.10. The van der Waals surface area contributed by atoms with E-state index in [0.717, 1.165) is 29.8 Å². The van der Waals surface area contributed by atoms with Crippen molar-refractivity contribution in [1.29, 1.82) is 0 Å². The van der Waals surface area contributed by atoms with Crippen molar-refractivity contribution in [3.63, 3.8) is 0 Å². The number of aromatic nitrogens is 2. The van der Waals surface area contributed by atoms with Crippen molar-refractivity contribution in [2.75, 3.05) is 18.4 Å². The number of fused-ring (bicyclic) bond motifs is 1. The van der Waals surface area contributed by atoms with Crippen LogP contribution < -0.4 is 10.6 Å². The Balaban J connectivity index is 0.00000192. The summed E-state index contributed by atoms with van der Waals surface area (Å²) in [6.07, 6.45) is 6.31. The van der Waals surface area contributed by atoms with Gasteiger partial charge in [-0.15, -0.1) is 12.4 Å². The van der Waals surface area contributed by atoms with Crippen LogP contribution in [0.3, 0.4) is 0 Å². The van der Waals surface area contributed by atoms with E-state index < -0.39 is 0 Å². The van der Waals surface area contributed by atoms with Crippen LogP contribution in [0.5, 0.6) is 0 Å². The van der Waals surface area contributed by atoms with Crippen LogP contribution in [0, 0.1) is 11.8 Å². The Hall–Kier alpha value is -1.72. The van der Waals surface area contributed by atoms with Crippen LogP contribution in [0.2, 0.25) is 0 Å². The number of nitrogens with one attached hydrogen (secondary N) is 2. The van der Waals surface area contributed by atoms with Gasteiger partial charge in [0, 0.05) is 24.5 Å². The van der Waals surface area contributed by atoms with E-state index in [1.54, 1.807) is 12.4 Å². The second-order valence-electron chi connectivity index (χ2n) is 6.10. The maximum Gasteiger partial charge on any atom is 0.224 e. The minimum absolute atomic E-state index is 0. The molecule has 2 heterocycles. The van der Waals surface area contributed by atoms with E-state index in [0.29, 0.717) is 18.3 Å². The van der Waals surface area contributed by atoms with Gasteiger partial charge < -0.3 is 10.6 Å². The van der Waals surface area contributed by atoms with Crippen LogP contribution in [-0.2, 0) is 4.79 Å². The van der Waals surface area contributed by atoms with E-state index in [1.807, 2.05) is 18.2 Å². The molecule has 0 bridgehead atoms. The van der Waals surface area contributed by atoms with Gasteiger partial charge in [0.05, 0.1) is 11.0 Å². The quantitative estimate of drug-likeness (QED) is 0.902. The Kier molecular flexibility index (Phi) is 6.30. The van der Waals surface area contributed by atoms with Crippen LogP contribution >= 0.6 is 12.4 Å². The third-order valence-corrected chi connectivity index (χ3v) is 4.40. The lowest BCUT2D eigenvalue weighted by molar-refractivity contribution is -0.117. The highest BCUT2D eigenvalue weighted by Crippen LogP contribution is 2.23. The summed E-state index contributed by atoms with van der Waals surface area (Å²) < 4.78 is 0. The Morgan fingerprint density at radius 3 is 2.87 bits per heavy atom. The molecule has 0 aliphatic carbocycles. The molecule has 0 radical (unpaired) electrons. The Morgan fingerprint density at radius 1 is 1.35 bits per heavy atom. The third-order valence-electron chi connectivity index (χ3n) is 4.40. The van der Waals surface area contributed by atoms with Gasteiger partial charge in [-0.2, -0.15) is 0 Å². The first-order valence-electron chi connectivity index (χ1n) is 7.94. The molecule has 1 aromatic heterocycles. The highest BCUT2D eigenvalue weighted by atomic mass is 35.5. The standard InChI is InChI=1S/C17H22N4O.ClH/c1-12(13-3-2-6-18-11-13)9-17(22)21-14-4-5-15-16(10-14)20-8-7-19-15;/h4-5,7-8,10,12-13,18H,2-3,6,9,11H2,1H3,(H,21,22);1H.